The molecule has 0 unspecified atom stereocenters. The third-order valence-electron chi connectivity index (χ3n) is 3.74. The van der Waals surface area contributed by atoms with Crippen molar-refractivity contribution in [3.8, 4) is 27.3 Å². The minimum Gasteiger partial charge on any atom is -0.425 e. The number of aliphatic hydroxyl groups is 1. The van der Waals surface area contributed by atoms with Crippen molar-refractivity contribution in [1.82, 2.24) is 0 Å². The quantitative estimate of drug-likeness (QED) is 0.494. The van der Waals surface area contributed by atoms with Crippen LogP contribution in [-0.4, -0.2) is 17.3 Å². The molecule has 25 heavy (non-hydrogen) atoms. The average molecular weight is 370 g/mol. The molecule has 0 saturated carbocycles. The lowest BCUT2D eigenvalue weighted by molar-refractivity contribution is -0.131. The molecule has 3 aromatic rings. The van der Waals surface area contributed by atoms with Crippen molar-refractivity contribution < 1.29 is 14.6 Å². The second kappa shape index (κ2) is 7.87. The van der Waals surface area contributed by atoms with Crippen LogP contribution in [-0.2, 0) is 11.4 Å². The Balaban J connectivity index is 2.24. The molecule has 1 aromatic heterocycles. The standard InChI is InChI=1S/C20H18O3S2/c1-13(22)23-19-17(12-21)25-20(15-6-4-3-5-7-15)18(19)14-8-10-16(24-2)11-9-14/h3-11,21H,12H2,1-2H3. The number of hydrogen-bond acceptors (Lipinski definition) is 5. The minimum absolute atomic E-state index is 0.171. The summed E-state index contributed by atoms with van der Waals surface area (Å²) in [6, 6.07) is 18.1. The molecule has 2 aromatic carbocycles. The van der Waals surface area contributed by atoms with E-state index in [1.165, 1.54) is 18.3 Å². The first-order valence-electron chi connectivity index (χ1n) is 7.78. The predicted octanol–water partition coefficient (Wildman–Crippen LogP) is 5.22. The van der Waals surface area contributed by atoms with Crippen molar-refractivity contribution in [2.75, 3.05) is 6.26 Å². The number of hydrogen-bond donors (Lipinski definition) is 1. The molecule has 0 atom stereocenters. The van der Waals surface area contributed by atoms with Gasteiger partial charge in [-0.25, -0.2) is 0 Å². The maximum atomic E-state index is 11.6. The molecule has 128 valence electrons. The molecule has 5 heteroatoms. The van der Waals surface area contributed by atoms with E-state index in [4.69, 9.17) is 4.74 Å². The normalized spacial score (nSPS) is 10.7. The average Bonchev–Trinajstić information content (AvgIpc) is 3.00. The van der Waals surface area contributed by atoms with Gasteiger partial charge in [-0.15, -0.1) is 23.1 Å². The summed E-state index contributed by atoms with van der Waals surface area (Å²) < 4.78 is 5.49. The lowest BCUT2D eigenvalue weighted by Crippen LogP contribution is -2.03. The van der Waals surface area contributed by atoms with Crippen molar-refractivity contribution in [3.05, 3.63) is 59.5 Å². The van der Waals surface area contributed by atoms with Crippen LogP contribution in [0.4, 0.5) is 0 Å². The zero-order valence-corrected chi connectivity index (χ0v) is 15.6. The Morgan fingerprint density at radius 3 is 2.32 bits per heavy atom. The first-order chi connectivity index (χ1) is 12.1. The first kappa shape index (κ1) is 17.7. The maximum Gasteiger partial charge on any atom is 0.308 e. The van der Waals surface area contributed by atoms with Gasteiger partial charge in [0.25, 0.3) is 0 Å². The lowest BCUT2D eigenvalue weighted by Gasteiger charge is -2.09. The summed E-state index contributed by atoms with van der Waals surface area (Å²) in [5.74, 6) is 0.0600. The van der Waals surface area contributed by atoms with E-state index in [-0.39, 0.29) is 6.61 Å². The second-order valence-corrected chi connectivity index (χ2v) is 7.39. The monoisotopic (exact) mass is 370 g/mol. The third-order valence-corrected chi connectivity index (χ3v) is 5.69. The van der Waals surface area contributed by atoms with Crippen LogP contribution >= 0.6 is 23.1 Å². The fourth-order valence-electron chi connectivity index (χ4n) is 2.63. The molecule has 0 spiro atoms. The molecule has 0 aliphatic rings. The van der Waals surface area contributed by atoms with Crippen LogP contribution in [0.1, 0.15) is 11.8 Å². The van der Waals surface area contributed by atoms with E-state index in [1.54, 1.807) is 11.8 Å². The fourth-order valence-corrected chi connectivity index (χ4v) is 4.15. The minimum atomic E-state index is -0.394. The summed E-state index contributed by atoms with van der Waals surface area (Å²) in [4.78, 5) is 14.4. The van der Waals surface area contributed by atoms with Gasteiger partial charge in [-0.1, -0.05) is 42.5 Å². The van der Waals surface area contributed by atoms with E-state index in [0.717, 1.165) is 26.5 Å². The van der Waals surface area contributed by atoms with Crippen molar-refractivity contribution >= 4 is 29.1 Å². The van der Waals surface area contributed by atoms with Crippen LogP contribution in [0, 0.1) is 0 Å². The summed E-state index contributed by atoms with van der Waals surface area (Å²) in [5, 5.41) is 9.76. The van der Waals surface area contributed by atoms with E-state index in [0.29, 0.717) is 10.6 Å². The fraction of sp³-hybridized carbons (Fsp3) is 0.150. The third kappa shape index (κ3) is 3.79. The molecule has 0 fully saturated rings. The summed E-state index contributed by atoms with van der Waals surface area (Å²) in [7, 11) is 0. The van der Waals surface area contributed by atoms with Gasteiger partial charge in [0.05, 0.1) is 11.5 Å². The SMILES string of the molecule is CSc1ccc(-c2c(-c3ccccc3)sc(CO)c2OC(C)=O)cc1. The van der Waals surface area contributed by atoms with Gasteiger partial charge in [0.1, 0.15) is 0 Å². The summed E-state index contributed by atoms with van der Waals surface area (Å²) in [5.41, 5.74) is 2.84. The van der Waals surface area contributed by atoms with Crippen LogP contribution in [0.15, 0.2) is 59.5 Å². The van der Waals surface area contributed by atoms with Gasteiger partial charge in [0.2, 0.25) is 0 Å². The topological polar surface area (TPSA) is 46.5 Å². The van der Waals surface area contributed by atoms with Crippen molar-refractivity contribution in [2.24, 2.45) is 0 Å². The highest BCUT2D eigenvalue weighted by atomic mass is 32.2. The summed E-state index contributed by atoms with van der Waals surface area (Å²) >= 11 is 3.13. The zero-order chi connectivity index (χ0) is 17.8. The molecule has 1 heterocycles. The highest BCUT2D eigenvalue weighted by Crippen LogP contribution is 2.48. The van der Waals surface area contributed by atoms with E-state index < -0.39 is 5.97 Å². The molecule has 0 aliphatic heterocycles. The number of aliphatic hydroxyl groups excluding tert-OH is 1. The lowest BCUT2D eigenvalue weighted by atomic mass is 10.0. The number of rotatable bonds is 5. The Hall–Kier alpha value is -2.08. The van der Waals surface area contributed by atoms with E-state index in [2.05, 4.69) is 0 Å². The van der Waals surface area contributed by atoms with Crippen molar-refractivity contribution in [2.45, 2.75) is 18.4 Å². The van der Waals surface area contributed by atoms with Crippen LogP contribution in [0.2, 0.25) is 0 Å². The van der Waals surface area contributed by atoms with Crippen LogP contribution < -0.4 is 4.74 Å². The number of esters is 1. The Bertz CT molecular complexity index is 868. The molecule has 0 saturated heterocycles. The van der Waals surface area contributed by atoms with Crippen molar-refractivity contribution in [3.63, 3.8) is 0 Å². The first-order valence-corrected chi connectivity index (χ1v) is 9.83. The smallest absolute Gasteiger partial charge is 0.308 e. The van der Waals surface area contributed by atoms with Gasteiger partial charge in [0.15, 0.2) is 5.75 Å². The molecular weight excluding hydrogens is 352 g/mol. The predicted molar refractivity (Wildman–Crippen MR) is 104 cm³/mol. The molecule has 1 N–H and O–H groups in total. The zero-order valence-electron chi connectivity index (χ0n) is 14.0. The number of carbonyl (C=O) groups excluding carboxylic acids is 1. The number of thioether (sulfide) groups is 1. The summed E-state index contributed by atoms with van der Waals surface area (Å²) in [6.45, 7) is 1.21. The molecule has 3 nitrogen and oxygen atoms in total. The Morgan fingerprint density at radius 1 is 1.08 bits per heavy atom. The molecule has 0 radical (unpaired) electrons. The van der Waals surface area contributed by atoms with E-state index in [1.807, 2.05) is 60.9 Å². The molecule has 3 rings (SSSR count). The van der Waals surface area contributed by atoms with Gasteiger partial charge >= 0.3 is 5.97 Å². The van der Waals surface area contributed by atoms with Crippen LogP contribution in [0.5, 0.6) is 5.75 Å². The van der Waals surface area contributed by atoms with Gasteiger partial charge in [-0.3, -0.25) is 4.79 Å². The largest absolute Gasteiger partial charge is 0.425 e. The number of thiophene rings is 1. The highest BCUT2D eigenvalue weighted by molar-refractivity contribution is 7.98. The van der Waals surface area contributed by atoms with Gasteiger partial charge in [-0.2, -0.15) is 0 Å². The molecule has 0 aliphatic carbocycles. The number of carbonyl (C=O) groups is 1. The van der Waals surface area contributed by atoms with Gasteiger partial charge < -0.3 is 9.84 Å². The molecule has 0 amide bonds. The van der Waals surface area contributed by atoms with E-state index in [9.17, 15) is 9.90 Å². The van der Waals surface area contributed by atoms with E-state index >= 15 is 0 Å². The Kier molecular flexibility index (Phi) is 5.58. The number of ether oxygens (including phenoxy) is 1. The second-order valence-electron chi connectivity index (χ2n) is 5.40. The Labute approximate surface area is 155 Å². The van der Waals surface area contributed by atoms with Crippen LogP contribution in [0.3, 0.4) is 0 Å². The van der Waals surface area contributed by atoms with Crippen molar-refractivity contribution in [1.29, 1.82) is 0 Å². The van der Waals surface area contributed by atoms with Gasteiger partial charge in [-0.05, 0) is 29.5 Å². The maximum absolute atomic E-state index is 11.6. The molecular formula is C20H18O3S2. The Morgan fingerprint density at radius 2 is 1.76 bits per heavy atom. The molecule has 0 bridgehead atoms. The highest BCUT2D eigenvalue weighted by Gasteiger charge is 2.23. The number of benzene rings is 2. The summed E-state index contributed by atoms with van der Waals surface area (Å²) in [6.07, 6.45) is 2.03. The van der Waals surface area contributed by atoms with Crippen LogP contribution in [0.25, 0.3) is 21.6 Å². The van der Waals surface area contributed by atoms with Gasteiger partial charge in [0, 0.05) is 22.3 Å².